The number of halogens is 2. The maximum absolute atomic E-state index is 13.3. The summed E-state index contributed by atoms with van der Waals surface area (Å²) >= 11 is 0. The van der Waals surface area contributed by atoms with Crippen molar-refractivity contribution in [3.63, 3.8) is 0 Å². The van der Waals surface area contributed by atoms with Crippen LogP contribution < -0.4 is 0 Å². The zero-order chi connectivity index (χ0) is 12.8. The van der Waals surface area contributed by atoms with Gasteiger partial charge in [0.15, 0.2) is 0 Å². The van der Waals surface area contributed by atoms with Crippen molar-refractivity contribution in [3.05, 3.63) is 0 Å². The van der Waals surface area contributed by atoms with Crippen molar-refractivity contribution < 1.29 is 26.4 Å². The predicted octanol–water partition coefficient (Wildman–Crippen LogP) is 3.59. The van der Waals surface area contributed by atoms with Crippen LogP contribution in [0.4, 0.5) is 8.22 Å². The highest BCUT2D eigenvalue weighted by Gasteiger charge is 2.38. The molecule has 0 aliphatic rings. The van der Waals surface area contributed by atoms with Gasteiger partial charge in [-0.05, 0) is 6.42 Å². The van der Waals surface area contributed by atoms with Crippen LogP contribution in [0.5, 0.6) is 0 Å². The van der Waals surface area contributed by atoms with E-state index in [0.29, 0.717) is 0 Å². The third-order valence-corrected chi connectivity index (χ3v) is 6.30. The first kappa shape index (κ1) is 16.2. The van der Waals surface area contributed by atoms with Crippen LogP contribution >= 0.6 is 7.82 Å². The maximum atomic E-state index is 13.3. The third kappa shape index (κ3) is 5.50. The molecule has 0 atom stereocenters. The minimum absolute atomic E-state index is 0.0474. The van der Waals surface area contributed by atoms with Crippen LogP contribution in [0.2, 0.25) is 11.6 Å². The molecule has 0 aromatic rings. The summed E-state index contributed by atoms with van der Waals surface area (Å²) in [4.78, 5) is 0. The SMILES string of the molecule is COP(=O)(OC)OCCC[Si](F)(F)C(C)C. The van der Waals surface area contributed by atoms with Gasteiger partial charge in [-0.2, -0.15) is 0 Å². The van der Waals surface area contributed by atoms with E-state index >= 15 is 0 Å². The highest BCUT2D eigenvalue weighted by atomic mass is 31.2. The molecule has 0 aromatic carbocycles. The van der Waals surface area contributed by atoms with E-state index in [1.165, 1.54) is 28.1 Å². The average Bonchev–Trinajstić information content (AvgIpc) is 2.24. The van der Waals surface area contributed by atoms with Gasteiger partial charge in [-0.1, -0.05) is 13.8 Å². The maximum Gasteiger partial charge on any atom is 0.474 e. The van der Waals surface area contributed by atoms with E-state index in [1.807, 2.05) is 0 Å². The Kier molecular flexibility index (Phi) is 6.89. The molecule has 0 heterocycles. The van der Waals surface area contributed by atoms with Crippen LogP contribution in [0.25, 0.3) is 0 Å². The summed E-state index contributed by atoms with van der Waals surface area (Å²) in [6.07, 6.45) is 0.161. The average molecular weight is 276 g/mol. The molecule has 0 saturated heterocycles. The summed E-state index contributed by atoms with van der Waals surface area (Å²) in [6.45, 7) is 2.98. The molecule has 0 fully saturated rings. The molecule has 0 amide bonds. The van der Waals surface area contributed by atoms with Crippen molar-refractivity contribution >= 4 is 16.6 Å². The van der Waals surface area contributed by atoms with Crippen molar-refractivity contribution in [2.24, 2.45) is 0 Å². The highest BCUT2D eigenvalue weighted by Crippen LogP contribution is 2.47. The molecule has 0 spiro atoms. The lowest BCUT2D eigenvalue weighted by molar-refractivity contribution is 0.152. The van der Waals surface area contributed by atoms with Gasteiger partial charge in [-0.15, -0.1) is 0 Å². The van der Waals surface area contributed by atoms with Crippen molar-refractivity contribution in [1.29, 1.82) is 0 Å². The lowest BCUT2D eigenvalue weighted by Crippen LogP contribution is -2.26. The zero-order valence-corrected chi connectivity index (χ0v) is 11.9. The fourth-order valence-corrected chi connectivity index (χ4v) is 2.86. The lowest BCUT2D eigenvalue weighted by Gasteiger charge is -2.17. The molecule has 0 saturated carbocycles. The van der Waals surface area contributed by atoms with Crippen LogP contribution in [-0.4, -0.2) is 29.6 Å². The molecule has 0 N–H and O–H groups in total. The summed E-state index contributed by atoms with van der Waals surface area (Å²) in [7, 11) is -5.30. The molecule has 0 radical (unpaired) electrons. The number of phosphoric ester groups is 1. The Morgan fingerprint density at radius 2 is 1.75 bits per heavy atom. The van der Waals surface area contributed by atoms with Gasteiger partial charge in [0.1, 0.15) is 0 Å². The monoisotopic (exact) mass is 276 g/mol. The van der Waals surface area contributed by atoms with Crippen molar-refractivity contribution in [2.75, 3.05) is 20.8 Å². The Labute approximate surface area is 96.2 Å². The smallest absolute Gasteiger partial charge is 0.290 e. The number of hydrogen-bond acceptors (Lipinski definition) is 4. The molecule has 0 rings (SSSR count). The van der Waals surface area contributed by atoms with Crippen LogP contribution in [0.3, 0.4) is 0 Å². The van der Waals surface area contributed by atoms with Crippen LogP contribution in [-0.2, 0) is 18.1 Å². The Hall–Kier alpha value is 0.187. The van der Waals surface area contributed by atoms with Gasteiger partial charge in [0.25, 0.3) is 0 Å². The van der Waals surface area contributed by atoms with Gasteiger partial charge in [-0.3, -0.25) is 21.8 Å². The predicted molar refractivity (Wildman–Crippen MR) is 60.1 cm³/mol. The summed E-state index contributed by atoms with van der Waals surface area (Å²) in [6, 6.07) is -0.169. The molecule has 0 aromatic heterocycles. The fraction of sp³-hybridized carbons (Fsp3) is 1.00. The van der Waals surface area contributed by atoms with E-state index in [1.54, 1.807) is 0 Å². The summed E-state index contributed by atoms with van der Waals surface area (Å²) < 4.78 is 51.7. The molecule has 0 unspecified atom stereocenters. The summed E-state index contributed by atoms with van der Waals surface area (Å²) in [5.74, 6) is 0. The van der Waals surface area contributed by atoms with Gasteiger partial charge in [0, 0.05) is 25.8 Å². The first-order chi connectivity index (χ1) is 7.27. The molecule has 0 bridgehead atoms. The number of phosphoric acid groups is 1. The normalized spacial score (nSPS) is 13.4. The molecule has 4 nitrogen and oxygen atoms in total. The second-order valence-corrected chi connectivity index (χ2v) is 8.72. The molecule has 8 heteroatoms. The fourth-order valence-electron chi connectivity index (χ4n) is 0.953. The van der Waals surface area contributed by atoms with E-state index in [-0.39, 0.29) is 19.1 Å². The molecule has 16 heavy (non-hydrogen) atoms. The second-order valence-electron chi connectivity index (χ2n) is 3.66. The van der Waals surface area contributed by atoms with Crippen LogP contribution in [0, 0.1) is 0 Å². The van der Waals surface area contributed by atoms with Gasteiger partial charge in [0.05, 0.1) is 6.61 Å². The molecular formula is C8H19F2O4PSi. The largest absolute Gasteiger partial charge is 0.474 e. The van der Waals surface area contributed by atoms with Gasteiger partial charge >= 0.3 is 16.6 Å². The van der Waals surface area contributed by atoms with E-state index in [0.717, 1.165) is 0 Å². The third-order valence-electron chi connectivity index (χ3n) is 2.20. The highest BCUT2D eigenvalue weighted by molar-refractivity contribution is 7.48. The van der Waals surface area contributed by atoms with Gasteiger partial charge in [0.2, 0.25) is 0 Å². The molecule has 0 aliphatic heterocycles. The lowest BCUT2D eigenvalue weighted by atomic mass is 10.5. The van der Waals surface area contributed by atoms with E-state index in [4.69, 9.17) is 4.52 Å². The standard InChI is InChI=1S/C8H19F2O4PSi/c1-8(2)16(9,10)7-5-6-14-15(11,12-3)13-4/h8H,5-7H2,1-4H3. The quantitative estimate of drug-likeness (QED) is 0.294. The summed E-state index contributed by atoms with van der Waals surface area (Å²) in [5.41, 5.74) is -0.579. The Bertz CT molecular complexity index is 242. The van der Waals surface area contributed by atoms with E-state index in [9.17, 15) is 12.8 Å². The Balaban J connectivity index is 3.89. The summed E-state index contributed by atoms with van der Waals surface area (Å²) in [5, 5.41) is 0. The minimum Gasteiger partial charge on any atom is -0.290 e. The van der Waals surface area contributed by atoms with Crippen molar-refractivity contribution in [3.8, 4) is 0 Å². The number of rotatable bonds is 8. The van der Waals surface area contributed by atoms with Gasteiger partial charge < -0.3 is 0 Å². The Morgan fingerprint density at radius 3 is 2.12 bits per heavy atom. The van der Waals surface area contributed by atoms with E-state index < -0.39 is 22.1 Å². The Morgan fingerprint density at radius 1 is 1.25 bits per heavy atom. The zero-order valence-electron chi connectivity index (χ0n) is 10.0. The number of hydrogen-bond donors (Lipinski definition) is 0. The van der Waals surface area contributed by atoms with Crippen molar-refractivity contribution in [2.45, 2.75) is 31.9 Å². The topological polar surface area (TPSA) is 44.8 Å². The van der Waals surface area contributed by atoms with Crippen molar-refractivity contribution in [1.82, 2.24) is 0 Å². The first-order valence-electron chi connectivity index (χ1n) is 5.01. The second kappa shape index (κ2) is 6.81. The molecule has 98 valence electrons. The van der Waals surface area contributed by atoms with Gasteiger partial charge in [-0.25, -0.2) is 4.57 Å². The van der Waals surface area contributed by atoms with Crippen LogP contribution in [0.1, 0.15) is 20.3 Å². The molecular weight excluding hydrogens is 257 g/mol. The van der Waals surface area contributed by atoms with E-state index in [2.05, 4.69) is 9.05 Å². The molecule has 0 aliphatic carbocycles. The first-order valence-corrected chi connectivity index (χ1v) is 8.51. The van der Waals surface area contributed by atoms with Crippen LogP contribution in [0.15, 0.2) is 0 Å². The minimum atomic E-state index is -4.15.